The molecule has 0 saturated carbocycles. The number of benzene rings is 4. The molecule has 4 rings (SSSR count). The molecule has 8 nitrogen and oxygen atoms in total. The fraction of sp³-hybridized carbons (Fsp3) is 0.0323. The highest BCUT2D eigenvalue weighted by atomic mass is 35.5. The van der Waals surface area contributed by atoms with Crippen molar-refractivity contribution < 1.29 is 24.3 Å². The topological polar surface area (TPSA) is 125 Å². The maximum absolute atomic E-state index is 13.4. The van der Waals surface area contributed by atoms with E-state index in [9.17, 15) is 19.2 Å². The van der Waals surface area contributed by atoms with E-state index in [1.54, 1.807) is 84.9 Å². The van der Waals surface area contributed by atoms with Gasteiger partial charge in [0.1, 0.15) is 5.70 Å². The summed E-state index contributed by atoms with van der Waals surface area (Å²) in [7, 11) is 0. The largest absolute Gasteiger partial charge is 0.478 e. The van der Waals surface area contributed by atoms with Gasteiger partial charge in [-0.2, -0.15) is 0 Å². The fourth-order valence-electron chi connectivity index (χ4n) is 3.67. The molecule has 4 aromatic carbocycles. The molecule has 4 N–H and O–H groups in total. The van der Waals surface area contributed by atoms with Gasteiger partial charge < -0.3 is 21.1 Å². The average molecular weight is 621 g/mol. The van der Waals surface area contributed by atoms with Crippen LogP contribution < -0.4 is 16.0 Å². The van der Waals surface area contributed by atoms with Crippen molar-refractivity contribution in [2.45, 2.75) is 4.90 Å². The van der Waals surface area contributed by atoms with Crippen molar-refractivity contribution in [1.82, 2.24) is 5.32 Å². The molecule has 0 heterocycles. The van der Waals surface area contributed by atoms with Crippen LogP contribution in [0.15, 0.2) is 108 Å². The average Bonchev–Trinajstić information content (AvgIpc) is 2.98. The van der Waals surface area contributed by atoms with Crippen LogP contribution in [0.3, 0.4) is 0 Å². The molecule has 0 saturated heterocycles. The number of rotatable bonds is 10. The summed E-state index contributed by atoms with van der Waals surface area (Å²) >= 11 is 13.7. The van der Waals surface area contributed by atoms with E-state index in [1.807, 2.05) is 0 Å². The molecule has 0 unspecified atom stereocenters. The van der Waals surface area contributed by atoms with Crippen LogP contribution in [0.5, 0.6) is 0 Å². The zero-order valence-corrected chi connectivity index (χ0v) is 24.1. The standard InChI is InChI=1S/C31H23Cl2N3O5S/c32-25-14-5-9-20(28(25)33)16-26(36-29(38)19-7-2-1-3-8-19)30(39)35-23-12-6-13-24(17-23)42-18-27(37)34-22-11-4-10-21(15-22)31(40)41/h1-17H,18H2,(H,34,37)(H,35,39)(H,36,38)(H,40,41)/b26-16+. The smallest absolute Gasteiger partial charge is 0.335 e. The Balaban J connectivity index is 1.46. The summed E-state index contributed by atoms with van der Waals surface area (Å²) in [5, 5.41) is 17.7. The molecule has 0 aliphatic heterocycles. The first-order chi connectivity index (χ1) is 20.2. The Morgan fingerprint density at radius 1 is 0.762 bits per heavy atom. The quantitative estimate of drug-likeness (QED) is 0.114. The first-order valence-corrected chi connectivity index (χ1v) is 14.1. The molecule has 0 fully saturated rings. The second-order valence-electron chi connectivity index (χ2n) is 8.73. The first-order valence-electron chi connectivity index (χ1n) is 12.4. The number of carbonyl (C=O) groups is 4. The van der Waals surface area contributed by atoms with Crippen LogP contribution in [0, 0.1) is 0 Å². The lowest BCUT2D eigenvalue weighted by Gasteiger charge is -2.13. The molecule has 42 heavy (non-hydrogen) atoms. The molecular weight excluding hydrogens is 597 g/mol. The summed E-state index contributed by atoms with van der Waals surface area (Å²) < 4.78 is 0. The molecule has 0 aromatic heterocycles. The van der Waals surface area contributed by atoms with Crippen molar-refractivity contribution in [1.29, 1.82) is 0 Å². The number of carboxylic acids is 1. The minimum atomic E-state index is -1.09. The Morgan fingerprint density at radius 3 is 2.17 bits per heavy atom. The Morgan fingerprint density at radius 2 is 1.43 bits per heavy atom. The van der Waals surface area contributed by atoms with Crippen molar-refractivity contribution in [3.63, 3.8) is 0 Å². The van der Waals surface area contributed by atoms with E-state index in [2.05, 4.69) is 16.0 Å². The summed E-state index contributed by atoms with van der Waals surface area (Å²) in [5.74, 6) is -2.47. The Bertz CT molecular complexity index is 1680. The summed E-state index contributed by atoms with van der Waals surface area (Å²) in [5.41, 5.74) is 1.60. The molecule has 11 heteroatoms. The third kappa shape index (κ3) is 8.47. The number of aromatic carboxylic acids is 1. The maximum atomic E-state index is 13.4. The first kappa shape index (κ1) is 30.4. The Labute approximate surface area is 255 Å². The van der Waals surface area contributed by atoms with Crippen LogP contribution in [0.1, 0.15) is 26.3 Å². The number of hydrogen-bond acceptors (Lipinski definition) is 5. The molecular formula is C31H23Cl2N3O5S. The van der Waals surface area contributed by atoms with Gasteiger partial charge in [0.2, 0.25) is 5.91 Å². The van der Waals surface area contributed by atoms with Crippen molar-refractivity contribution in [2.75, 3.05) is 16.4 Å². The van der Waals surface area contributed by atoms with Crippen LogP contribution in [0.25, 0.3) is 6.08 Å². The van der Waals surface area contributed by atoms with E-state index < -0.39 is 17.8 Å². The van der Waals surface area contributed by atoms with Crippen molar-refractivity contribution >= 4 is 76.1 Å². The lowest BCUT2D eigenvalue weighted by molar-refractivity contribution is -0.114. The number of nitrogens with one attached hydrogen (secondary N) is 3. The number of anilines is 2. The van der Waals surface area contributed by atoms with Gasteiger partial charge in [-0.05, 0) is 66.2 Å². The third-order valence-electron chi connectivity index (χ3n) is 5.67. The molecule has 0 aliphatic rings. The number of halogens is 2. The van der Waals surface area contributed by atoms with Gasteiger partial charge in [-0.15, -0.1) is 11.8 Å². The Hall–Kier alpha value is -4.57. The molecule has 3 amide bonds. The van der Waals surface area contributed by atoms with Crippen LogP contribution in [-0.4, -0.2) is 34.6 Å². The van der Waals surface area contributed by atoms with E-state index in [0.717, 1.165) is 0 Å². The fourth-order valence-corrected chi connectivity index (χ4v) is 4.79. The second kappa shape index (κ2) is 14.4. The van der Waals surface area contributed by atoms with Crippen LogP contribution in [0.2, 0.25) is 10.0 Å². The minimum absolute atomic E-state index is 0.0419. The lowest BCUT2D eigenvalue weighted by atomic mass is 10.1. The van der Waals surface area contributed by atoms with E-state index in [-0.39, 0.29) is 27.9 Å². The van der Waals surface area contributed by atoms with E-state index in [4.69, 9.17) is 28.3 Å². The van der Waals surface area contributed by atoms with Gasteiger partial charge in [0.15, 0.2) is 0 Å². The molecule has 212 valence electrons. The van der Waals surface area contributed by atoms with Gasteiger partial charge in [0.05, 0.1) is 21.4 Å². The number of amides is 3. The minimum Gasteiger partial charge on any atom is -0.478 e. The monoisotopic (exact) mass is 619 g/mol. The lowest BCUT2D eigenvalue weighted by Crippen LogP contribution is -2.30. The van der Waals surface area contributed by atoms with Gasteiger partial charge in [-0.3, -0.25) is 14.4 Å². The molecule has 4 aromatic rings. The van der Waals surface area contributed by atoms with Crippen molar-refractivity contribution in [3.05, 3.63) is 129 Å². The van der Waals surface area contributed by atoms with E-state index in [0.29, 0.717) is 32.4 Å². The van der Waals surface area contributed by atoms with E-state index in [1.165, 1.54) is 30.0 Å². The number of carboxylic acid groups (broad SMARTS) is 1. The zero-order valence-electron chi connectivity index (χ0n) is 21.8. The molecule has 0 atom stereocenters. The normalized spacial score (nSPS) is 11.0. The summed E-state index contributed by atoms with van der Waals surface area (Å²) in [6, 6.07) is 26.2. The SMILES string of the molecule is O=C(CSc1cccc(NC(=O)/C(=C\c2cccc(Cl)c2Cl)NC(=O)c2ccccc2)c1)Nc1cccc(C(=O)O)c1. The number of carbonyl (C=O) groups excluding carboxylic acids is 3. The highest BCUT2D eigenvalue weighted by molar-refractivity contribution is 8.00. The maximum Gasteiger partial charge on any atom is 0.335 e. The highest BCUT2D eigenvalue weighted by Gasteiger charge is 2.17. The van der Waals surface area contributed by atoms with Crippen molar-refractivity contribution in [2.24, 2.45) is 0 Å². The van der Waals surface area contributed by atoms with Gasteiger partial charge in [0, 0.05) is 21.8 Å². The molecule has 0 spiro atoms. The zero-order chi connectivity index (χ0) is 30.1. The third-order valence-corrected chi connectivity index (χ3v) is 7.49. The number of thioether (sulfide) groups is 1. The van der Waals surface area contributed by atoms with Crippen LogP contribution in [0.4, 0.5) is 11.4 Å². The van der Waals surface area contributed by atoms with Gasteiger partial charge in [-0.25, -0.2) is 4.79 Å². The summed E-state index contributed by atoms with van der Waals surface area (Å²) in [6.45, 7) is 0. The van der Waals surface area contributed by atoms with Gasteiger partial charge in [0.25, 0.3) is 11.8 Å². The summed E-state index contributed by atoms with van der Waals surface area (Å²) in [6.07, 6.45) is 1.44. The number of hydrogen-bond donors (Lipinski definition) is 4. The van der Waals surface area contributed by atoms with Gasteiger partial charge in [-0.1, -0.05) is 65.7 Å². The molecule has 0 bridgehead atoms. The predicted octanol–water partition coefficient (Wildman–Crippen LogP) is 6.83. The van der Waals surface area contributed by atoms with Crippen LogP contribution in [-0.2, 0) is 9.59 Å². The Kier molecular flexibility index (Phi) is 10.4. The molecule has 0 radical (unpaired) electrons. The van der Waals surface area contributed by atoms with E-state index >= 15 is 0 Å². The van der Waals surface area contributed by atoms with Crippen molar-refractivity contribution in [3.8, 4) is 0 Å². The highest BCUT2D eigenvalue weighted by Crippen LogP contribution is 2.28. The van der Waals surface area contributed by atoms with Gasteiger partial charge >= 0.3 is 5.97 Å². The summed E-state index contributed by atoms with van der Waals surface area (Å²) in [4.78, 5) is 50.5. The van der Waals surface area contributed by atoms with Crippen LogP contribution >= 0.6 is 35.0 Å². The second-order valence-corrected chi connectivity index (χ2v) is 10.6. The molecule has 0 aliphatic carbocycles. The predicted molar refractivity (Wildman–Crippen MR) is 166 cm³/mol.